The maximum Gasteiger partial charge on any atom is 0.270 e. The second kappa shape index (κ2) is 4.49. The lowest BCUT2D eigenvalue weighted by molar-refractivity contribution is 0.0491. The van der Waals surface area contributed by atoms with E-state index in [1.165, 1.54) is 6.20 Å². The predicted octanol–water partition coefficient (Wildman–Crippen LogP) is 0.792. The van der Waals surface area contributed by atoms with Crippen molar-refractivity contribution in [3.05, 3.63) is 35.2 Å². The van der Waals surface area contributed by atoms with E-state index in [2.05, 4.69) is 15.1 Å². The number of amides is 1. The molecule has 1 saturated heterocycles. The average molecular weight is 270 g/mol. The number of likely N-dealkylation sites (tertiary alicyclic amines) is 1. The Hall–Kier alpha value is -2.62. The van der Waals surface area contributed by atoms with E-state index in [0.29, 0.717) is 24.3 Å². The van der Waals surface area contributed by atoms with Crippen LogP contribution in [-0.2, 0) is 0 Å². The van der Waals surface area contributed by atoms with Gasteiger partial charge in [0.15, 0.2) is 0 Å². The first-order valence-corrected chi connectivity index (χ1v) is 6.36. The molecule has 7 heteroatoms. The number of aromatic nitrogens is 4. The van der Waals surface area contributed by atoms with E-state index in [9.17, 15) is 4.79 Å². The van der Waals surface area contributed by atoms with Crippen LogP contribution in [-0.4, -0.2) is 43.6 Å². The Labute approximate surface area is 115 Å². The van der Waals surface area contributed by atoms with E-state index in [1.807, 2.05) is 24.6 Å². The van der Waals surface area contributed by atoms with Crippen LogP contribution in [0.25, 0.3) is 0 Å². The van der Waals surface area contributed by atoms with Gasteiger partial charge in [0.25, 0.3) is 5.91 Å². The first-order chi connectivity index (χ1) is 9.58. The van der Waals surface area contributed by atoms with Crippen LogP contribution in [0.5, 0.6) is 0 Å². The van der Waals surface area contributed by atoms with Crippen LogP contribution >= 0.6 is 0 Å². The molecule has 20 heavy (non-hydrogen) atoms. The lowest BCUT2D eigenvalue weighted by Crippen LogP contribution is -2.51. The second-order valence-corrected chi connectivity index (χ2v) is 4.93. The van der Waals surface area contributed by atoms with Crippen molar-refractivity contribution in [3.63, 3.8) is 0 Å². The van der Waals surface area contributed by atoms with Gasteiger partial charge in [0, 0.05) is 19.3 Å². The summed E-state index contributed by atoms with van der Waals surface area (Å²) in [6, 6.07) is 3.75. The van der Waals surface area contributed by atoms with Crippen molar-refractivity contribution < 1.29 is 4.79 Å². The minimum absolute atomic E-state index is 0.0859. The summed E-state index contributed by atoms with van der Waals surface area (Å²) in [5.41, 5.74) is 0.916. The van der Waals surface area contributed by atoms with Crippen molar-refractivity contribution in [3.8, 4) is 6.07 Å². The minimum Gasteiger partial charge on any atom is -0.356 e. The lowest BCUT2D eigenvalue weighted by Gasteiger charge is -2.39. The molecular formula is C13H14N6O. The highest BCUT2D eigenvalue weighted by Crippen LogP contribution is 2.23. The van der Waals surface area contributed by atoms with Gasteiger partial charge >= 0.3 is 0 Å². The molecule has 0 atom stereocenters. The number of carbonyl (C=O) groups is 1. The molecule has 0 saturated carbocycles. The summed E-state index contributed by atoms with van der Waals surface area (Å²) >= 11 is 0. The molecule has 0 radical (unpaired) electrons. The molecule has 3 rings (SSSR count). The molecule has 7 nitrogen and oxygen atoms in total. The Balaban J connectivity index is 1.67. The third-order valence-corrected chi connectivity index (χ3v) is 3.45. The quantitative estimate of drug-likeness (QED) is 0.873. The Morgan fingerprint density at radius 3 is 2.80 bits per heavy atom. The van der Waals surface area contributed by atoms with Gasteiger partial charge in [-0.15, -0.1) is 0 Å². The van der Waals surface area contributed by atoms with Crippen molar-refractivity contribution in [2.45, 2.75) is 19.9 Å². The fourth-order valence-electron chi connectivity index (χ4n) is 2.41. The summed E-state index contributed by atoms with van der Waals surface area (Å²) < 4.78 is 1.87. The molecule has 1 fully saturated rings. The van der Waals surface area contributed by atoms with Crippen LogP contribution in [0.15, 0.2) is 12.3 Å². The highest BCUT2D eigenvalue weighted by atomic mass is 16.2. The van der Waals surface area contributed by atoms with Crippen molar-refractivity contribution in [1.82, 2.24) is 24.6 Å². The van der Waals surface area contributed by atoms with Gasteiger partial charge in [-0.2, -0.15) is 10.4 Å². The summed E-state index contributed by atoms with van der Waals surface area (Å²) in [5.74, 6) is 1.53. The van der Waals surface area contributed by atoms with E-state index in [1.54, 1.807) is 11.0 Å². The number of nitrogens with one attached hydrogen (secondary N) is 1. The third-order valence-electron chi connectivity index (χ3n) is 3.45. The minimum atomic E-state index is -0.0859. The molecule has 2 aromatic heterocycles. The predicted molar refractivity (Wildman–Crippen MR) is 69.9 cm³/mol. The van der Waals surface area contributed by atoms with Crippen LogP contribution in [0.4, 0.5) is 0 Å². The number of nitriles is 1. The normalized spacial score (nSPS) is 14.9. The molecule has 2 aromatic rings. The number of carbonyl (C=O) groups excluding carboxylic acids is 1. The molecule has 102 valence electrons. The second-order valence-electron chi connectivity index (χ2n) is 4.93. The molecule has 0 bridgehead atoms. The van der Waals surface area contributed by atoms with Gasteiger partial charge < -0.3 is 9.88 Å². The van der Waals surface area contributed by atoms with Crippen LogP contribution in [0.2, 0.25) is 0 Å². The summed E-state index contributed by atoms with van der Waals surface area (Å²) in [5, 5.41) is 13.1. The van der Waals surface area contributed by atoms with Crippen LogP contribution < -0.4 is 0 Å². The Morgan fingerprint density at radius 1 is 1.50 bits per heavy atom. The van der Waals surface area contributed by atoms with Crippen LogP contribution in [0.1, 0.15) is 33.7 Å². The summed E-state index contributed by atoms with van der Waals surface area (Å²) in [6.07, 6.45) is 1.54. The fraction of sp³-hybridized carbons (Fsp3) is 0.385. The first kappa shape index (κ1) is 12.4. The van der Waals surface area contributed by atoms with E-state index < -0.39 is 0 Å². The molecule has 1 aliphatic heterocycles. The van der Waals surface area contributed by atoms with Gasteiger partial charge in [-0.1, -0.05) is 0 Å². The van der Waals surface area contributed by atoms with Gasteiger partial charge in [0.2, 0.25) is 0 Å². The first-order valence-electron chi connectivity index (χ1n) is 6.36. The number of rotatable bonds is 2. The third kappa shape index (κ3) is 1.95. The molecule has 1 amide bonds. The van der Waals surface area contributed by atoms with Crippen LogP contribution in [0, 0.1) is 25.2 Å². The number of aromatic amines is 1. The maximum atomic E-state index is 12.2. The van der Waals surface area contributed by atoms with E-state index in [0.717, 1.165) is 11.6 Å². The van der Waals surface area contributed by atoms with Crippen molar-refractivity contribution >= 4 is 5.91 Å². The molecular weight excluding hydrogens is 256 g/mol. The van der Waals surface area contributed by atoms with Gasteiger partial charge in [-0.05, 0) is 19.9 Å². The summed E-state index contributed by atoms with van der Waals surface area (Å²) in [7, 11) is 0. The van der Waals surface area contributed by atoms with Crippen molar-refractivity contribution in [2.24, 2.45) is 0 Å². The van der Waals surface area contributed by atoms with E-state index in [-0.39, 0.29) is 11.9 Å². The molecule has 0 aliphatic carbocycles. The highest BCUT2D eigenvalue weighted by molar-refractivity contribution is 5.93. The van der Waals surface area contributed by atoms with Crippen molar-refractivity contribution in [2.75, 3.05) is 13.1 Å². The highest BCUT2D eigenvalue weighted by Gasteiger charge is 2.34. The van der Waals surface area contributed by atoms with Gasteiger partial charge in [0.1, 0.15) is 23.4 Å². The lowest BCUT2D eigenvalue weighted by atomic mass is 10.1. The maximum absolute atomic E-state index is 12.2. The topological polar surface area (TPSA) is 90.6 Å². The SMILES string of the molecule is Cc1nc(C)n(C2CN(C(=O)c3cc(C#N)c[nH]3)C2)n1. The molecule has 0 aromatic carbocycles. The molecule has 1 N–H and O–H groups in total. The zero-order valence-corrected chi connectivity index (χ0v) is 11.3. The van der Waals surface area contributed by atoms with E-state index in [4.69, 9.17) is 5.26 Å². The fourth-order valence-corrected chi connectivity index (χ4v) is 2.41. The Morgan fingerprint density at radius 2 is 2.25 bits per heavy atom. The van der Waals surface area contributed by atoms with Gasteiger partial charge in [-0.3, -0.25) is 4.79 Å². The van der Waals surface area contributed by atoms with Crippen LogP contribution in [0.3, 0.4) is 0 Å². The number of H-pyrrole nitrogens is 1. The molecule has 1 aliphatic rings. The Kier molecular flexibility index (Phi) is 2.79. The summed E-state index contributed by atoms with van der Waals surface area (Å²) in [4.78, 5) is 21.0. The van der Waals surface area contributed by atoms with Gasteiger partial charge in [-0.25, -0.2) is 9.67 Å². The summed E-state index contributed by atoms with van der Waals surface area (Å²) in [6.45, 7) is 4.99. The Bertz CT molecular complexity index is 701. The number of hydrogen-bond donors (Lipinski definition) is 1. The molecule has 3 heterocycles. The number of nitrogens with zero attached hydrogens (tertiary/aromatic N) is 5. The number of aryl methyl sites for hydroxylation is 2. The zero-order chi connectivity index (χ0) is 14.3. The smallest absolute Gasteiger partial charge is 0.270 e. The number of hydrogen-bond acceptors (Lipinski definition) is 4. The van der Waals surface area contributed by atoms with Crippen molar-refractivity contribution in [1.29, 1.82) is 5.26 Å². The molecule has 0 spiro atoms. The zero-order valence-electron chi connectivity index (χ0n) is 11.3. The van der Waals surface area contributed by atoms with Gasteiger partial charge in [0.05, 0.1) is 11.6 Å². The largest absolute Gasteiger partial charge is 0.356 e. The van der Waals surface area contributed by atoms with E-state index >= 15 is 0 Å². The average Bonchev–Trinajstić information content (AvgIpc) is 2.94. The molecule has 0 unspecified atom stereocenters. The monoisotopic (exact) mass is 270 g/mol. The standard InChI is InChI=1S/C13H14N6O/c1-8-16-9(2)19(17-8)11-6-18(7-11)13(20)12-3-10(4-14)5-15-12/h3,5,11,15H,6-7H2,1-2H3.